The molecular formula is C15H20. The highest BCUT2D eigenvalue weighted by Crippen LogP contribution is 2.49. The lowest BCUT2D eigenvalue weighted by molar-refractivity contribution is 0.178. The van der Waals surface area contributed by atoms with Crippen molar-refractivity contribution in [1.29, 1.82) is 0 Å². The molecule has 0 nitrogen and oxygen atoms in total. The molecule has 0 N–H and O–H groups in total. The van der Waals surface area contributed by atoms with Crippen molar-refractivity contribution in [2.24, 2.45) is 5.92 Å². The second-order valence-corrected chi connectivity index (χ2v) is 5.56. The summed E-state index contributed by atoms with van der Waals surface area (Å²) in [5.41, 5.74) is 3.80. The zero-order chi connectivity index (χ0) is 10.3. The summed E-state index contributed by atoms with van der Waals surface area (Å²) in [5.74, 6) is 0.959. The molecule has 0 radical (unpaired) electrons. The zero-order valence-corrected chi connectivity index (χ0v) is 9.63. The molecule has 0 aromatic heterocycles. The summed E-state index contributed by atoms with van der Waals surface area (Å²) in [6.07, 6.45) is 8.51. The van der Waals surface area contributed by atoms with Gasteiger partial charge in [0.25, 0.3) is 0 Å². The van der Waals surface area contributed by atoms with E-state index in [9.17, 15) is 0 Å². The minimum atomic E-state index is 0.507. The lowest BCUT2D eigenvalue weighted by Crippen LogP contribution is -2.39. The van der Waals surface area contributed by atoms with Gasteiger partial charge < -0.3 is 0 Å². The third-order valence-electron chi connectivity index (χ3n) is 4.79. The minimum absolute atomic E-state index is 0.507. The topological polar surface area (TPSA) is 0 Å². The van der Waals surface area contributed by atoms with E-state index in [0.717, 1.165) is 5.92 Å². The van der Waals surface area contributed by atoms with E-state index < -0.39 is 0 Å². The Hall–Kier alpha value is -0.780. The van der Waals surface area contributed by atoms with Crippen LogP contribution >= 0.6 is 0 Å². The van der Waals surface area contributed by atoms with Crippen LogP contribution in [0.3, 0.4) is 0 Å². The van der Waals surface area contributed by atoms with Gasteiger partial charge in [0.05, 0.1) is 0 Å². The summed E-state index contributed by atoms with van der Waals surface area (Å²) in [6.45, 7) is 2.51. The van der Waals surface area contributed by atoms with Gasteiger partial charge in [-0.3, -0.25) is 0 Å². The van der Waals surface area contributed by atoms with Crippen LogP contribution in [-0.2, 0) is 11.8 Å². The fourth-order valence-electron chi connectivity index (χ4n) is 3.85. The number of benzene rings is 1. The summed E-state index contributed by atoms with van der Waals surface area (Å²) in [6, 6.07) is 9.14. The second-order valence-electron chi connectivity index (χ2n) is 5.56. The molecular weight excluding hydrogens is 180 g/mol. The molecule has 0 heterocycles. The van der Waals surface area contributed by atoms with Crippen LogP contribution in [0.4, 0.5) is 0 Å². The molecule has 2 aliphatic carbocycles. The predicted molar refractivity (Wildman–Crippen MR) is 64.1 cm³/mol. The van der Waals surface area contributed by atoms with E-state index in [2.05, 4.69) is 31.2 Å². The van der Waals surface area contributed by atoms with Crippen LogP contribution in [0.1, 0.15) is 50.2 Å². The van der Waals surface area contributed by atoms with Crippen molar-refractivity contribution in [1.82, 2.24) is 0 Å². The molecule has 1 aromatic carbocycles. The minimum Gasteiger partial charge on any atom is -0.0620 e. The Morgan fingerprint density at radius 2 is 2.00 bits per heavy atom. The number of fused-ring (bicyclic) bond motifs is 3. The van der Waals surface area contributed by atoms with Crippen LogP contribution in [0.25, 0.3) is 0 Å². The summed E-state index contributed by atoms with van der Waals surface area (Å²) in [7, 11) is 0. The van der Waals surface area contributed by atoms with Crippen LogP contribution in [-0.4, -0.2) is 0 Å². The van der Waals surface area contributed by atoms with E-state index in [1.165, 1.54) is 38.5 Å². The molecule has 0 spiro atoms. The van der Waals surface area contributed by atoms with Gasteiger partial charge in [0, 0.05) is 0 Å². The molecule has 3 rings (SSSR count). The van der Waals surface area contributed by atoms with Crippen LogP contribution < -0.4 is 0 Å². The van der Waals surface area contributed by atoms with Crippen LogP contribution in [0.15, 0.2) is 24.3 Å². The monoisotopic (exact) mass is 200 g/mol. The van der Waals surface area contributed by atoms with Crippen molar-refractivity contribution in [3.63, 3.8) is 0 Å². The third-order valence-corrected chi connectivity index (χ3v) is 4.79. The number of rotatable bonds is 0. The van der Waals surface area contributed by atoms with Gasteiger partial charge in [-0.15, -0.1) is 0 Å². The molecule has 80 valence electrons. The standard InChI is InChI=1S/C15H20/c1-15-11-5-4-7-13(15)10-9-12-6-2-3-8-14(12)15/h2-3,6,8,13H,4-5,7,9-11H2,1H3/t13-,15-/m0/s1. The van der Waals surface area contributed by atoms with Gasteiger partial charge in [-0.05, 0) is 48.1 Å². The summed E-state index contributed by atoms with van der Waals surface area (Å²) < 4.78 is 0. The lowest BCUT2D eigenvalue weighted by atomic mass is 9.58. The molecule has 0 amide bonds. The number of hydrogen-bond donors (Lipinski definition) is 0. The average molecular weight is 200 g/mol. The Morgan fingerprint density at radius 1 is 1.13 bits per heavy atom. The van der Waals surface area contributed by atoms with Gasteiger partial charge in [-0.1, -0.05) is 44.0 Å². The third kappa shape index (κ3) is 1.34. The fraction of sp³-hybridized carbons (Fsp3) is 0.600. The summed E-state index contributed by atoms with van der Waals surface area (Å²) in [5, 5.41) is 0. The van der Waals surface area contributed by atoms with Crippen LogP contribution in [0, 0.1) is 5.92 Å². The van der Waals surface area contributed by atoms with Crippen molar-refractivity contribution in [2.45, 2.75) is 50.9 Å². The van der Waals surface area contributed by atoms with E-state index in [1.54, 1.807) is 11.1 Å². The van der Waals surface area contributed by atoms with Gasteiger partial charge in [0.2, 0.25) is 0 Å². The molecule has 0 bridgehead atoms. The fourth-order valence-corrected chi connectivity index (χ4v) is 3.85. The molecule has 0 aliphatic heterocycles. The van der Waals surface area contributed by atoms with E-state index in [-0.39, 0.29) is 0 Å². The Labute approximate surface area is 92.7 Å². The molecule has 15 heavy (non-hydrogen) atoms. The maximum absolute atomic E-state index is 2.51. The van der Waals surface area contributed by atoms with Gasteiger partial charge in [0.1, 0.15) is 0 Å². The maximum Gasteiger partial charge on any atom is -0.00442 e. The van der Waals surface area contributed by atoms with Crippen molar-refractivity contribution in [2.75, 3.05) is 0 Å². The lowest BCUT2D eigenvalue weighted by Gasteiger charge is -2.46. The molecule has 0 heteroatoms. The quantitative estimate of drug-likeness (QED) is 0.592. The smallest absolute Gasteiger partial charge is 0.00442 e. The Morgan fingerprint density at radius 3 is 2.93 bits per heavy atom. The molecule has 2 atom stereocenters. The van der Waals surface area contributed by atoms with Crippen LogP contribution in [0.5, 0.6) is 0 Å². The summed E-state index contributed by atoms with van der Waals surface area (Å²) in [4.78, 5) is 0. The Balaban J connectivity index is 2.09. The SMILES string of the molecule is C[C@]12CCCC[C@H]1CCc1ccccc12. The van der Waals surface area contributed by atoms with Gasteiger partial charge >= 0.3 is 0 Å². The highest BCUT2D eigenvalue weighted by Gasteiger charge is 2.41. The normalized spacial score (nSPS) is 34.3. The van der Waals surface area contributed by atoms with Crippen LogP contribution in [0.2, 0.25) is 0 Å². The molecule has 1 saturated carbocycles. The maximum atomic E-state index is 2.51. The van der Waals surface area contributed by atoms with E-state index in [1.807, 2.05) is 0 Å². The van der Waals surface area contributed by atoms with Crippen molar-refractivity contribution in [3.05, 3.63) is 35.4 Å². The molecule has 1 fully saturated rings. The first-order valence-electron chi connectivity index (χ1n) is 6.39. The Kier molecular flexibility index (Phi) is 2.12. The Bertz CT molecular complexity index is 366. The predicted octanol–water partition coefficient (Wildman–Crippen LogP) is 4.08. The van der Waals surface area contributed by atoms with Gasteiger partial charge in [0.15, 0.2) is 0 Å². The average Bonchev–Trinajstić information content (AvgIpc) is 2.29. The molecule has 2 aliphatic rings. The summed E-state index contributed by atoms with van der Waals surface area (Å²) >= 11 is 0. The largest absolute Gasteiger partial charge is 0.0620 e. The van der Waals surface area contributed by atoms with Crippen molar-refractivity contribution < 1.29 is 0 Å². The van der Waals surface area contributed by atoms with E-state index in [0.29, 0.717) is 5.41 Å². The zero-order valence-electron chi connectivity index (χ0n) is 9.63. The second kappa shape index (κ2) is 3.37. The highest BCUT2D eigenvalue weighted by atomic mass is 14.4. The van der Waals surface area contributed by atoms with E-state index in [4.69, 9.17) is 0 Å². The first-order valence-corrected chi connectivity index (χ1v) is 6.39. The van der Waals surface area contributed by atoms with E-state index >= 15 is 0 Å². The van der Waals surface area contributed by atoms with Gasteiger partial charge in [-0.2, -0.15) is 0 Å². The number of hydrogen-bond acceptors (Lipinski definition) is 0. The first-order chi connectivity index (χ1) is 7.31. The molecule has 1 aromatic rings. The first kappa shape index (κ1) is 9.45. The number of aryl methyl sites for hydroxylation is 1. The molecule has 0 unspecified atom stereocenters. The van der Waals surface area contributed by atoms with Crippen molar-refractivity contribution in [3.8, 4) is 0 Å². The molecule has 0 saturated heterocycles. The van der Waals surface area contributed by atoms with Gasteiger partial charge in [-0.25, -0.2) is 0 Å². The van der Waals surface area contributed by atoms with Crippen molar-refractivity contribution >= 4 is 0 Å². The highest BCUT2D eigenvalue weighted by molar-refractivity contribution is 5.37.